The van der Waals surface area contributed by atoms with Crippen LogP contribution in [0.5, 0.6) is 11.5 Å². The maximum atomic E-state index is 12.9. The molecule has 3 saturated heterocycles. The van der Waals surface area contributed by atoms with Gasteiger partial charge in [0.1, 0.15) is 22.4 Å². The predicted octanol–water partition coefficient (Wildman–Crippen LogP) is 2.14. The normalized spacial score (nSPS) is 44.2. The Morgan fingerprint density at radius 3 is 2.13 bits per heavy atom. The summed E-state index contributed by atoms with van der Waals surface area (Å²) in [6.07, 6.45) is 4.86. The fourth-order valence-electron chi connectivity index (χ4n) is 12.9. The van der Waals surface area contributed by atoms with Gasteiger partial charge in [-0.1, -0.05) is 26.0 Å². The van der Waals surface area contributed by atoms with E-state index in [-0.39, 0.29) is 25.4 Å². The van der Waals surface area contributed by atoms with E-state index in [0.717, 1.165) is 18.1 Å². The molecule has 9 N–H and O–H groups in total. The molecule has 4 saturated carbocycles. The monoisotopic (exact) mass is 897 g/mol. The Bertz CT molecular complexity index is 2070. The minimum Gasteiger partial charge on any atom is -0.493 e. The second-order valence-electron chi connectivity index (χ2n) is 18.9. The lowest BCUT2D eigenvalue weighted by molar-refractivity contribution is -0.354. The maximum Gasteiger partial charge on any atom is 0.394 e. The highest BCUT2D eigenvalue weighted by molar-refractivity contribution is 7.79. The Morgan fingerprint density at radius 2 is 1.53 bits per heavy atom. The van der Waals surface area contributed by atoms with E-state index in [1.165, 1.54) is 13.2 Å². The molecule has 18 nitrogen and oxygen atoms in total. The van der Waals surface area contributed by atoms with Gasteiger partial charge in [-0.05, 0) is 89.0 Å². The molecule has 3 aliphatic heterocycles. The molecular formula is C43H63NO17S. The molecule has 4 aliphatic carbocycles. The number of carbonyl (C=O) groups excluding carboxylic acids is 1. The Hall–Kier alpha value is -3.21. The molecule has 1 aromatic rings. The zero-order chi connectivity index (χ0) is 46.2. The maximum absolute atomic E-state index is 12.9. The number of piperidine rings is 2. The van der Waals surface area contributed by atoms with Crippen LogP contribution in [-0.4, -0.2) is 149 Å². The zero-order valence-corrected chi connectivity index (χ0v) is 37.0. The van der Waals surface area contributed by atoms with Crippen LogP contribution in [0, 0.1) is 29.1 Å². The number of aliphatic carboxylic acids is 1. The van der Waals surface area contributed by atoms with Gasteiger partial charge in [-0.3, -0.25) is 14.0 Å². The number of hydrogen-bond donors (Lipinski definition) is 9. The summed E-state index contributed by atoms with van der Waals surface area (Å²) in [5.41, 5.74) is -8.21. The fraction of sp³-hybridized carbons (Fsp3) is 0.721. The molecule has 0 aromatic heterocycles. The summed E-state index contributed by atoms with van der Waals surface area (Å²) in [7, 11) is -1.59. The van der Waals surface area contributed by atoms with Crippen molar-refractivity contribution in [1.29, 1.82) is 0 Å². The van der Waals surface area contributed by atoms with Gasteiger partial charge in [-0.2, -0.15) is 8.42 Å². The highest BCUT2D eigenvalue weighted by Gasteiger charge is 2.88. The quantitative estimate of drug-likeness (QED) is 0.112. The number of nitrogens with zero attached hydrogens (tertiary/aromatic N) is 1. The lowest BCUT2D eigenvalue weighted by Gasteiger charge is -2.68. The second-order valence-corrected chi connectivity index (χ2v) is 19.8. The third kappa shape index (κ3) is 7.38. The van der Waals surface area contributed by atoms with E-state index in [1.807, 2.05) is 6.92 Å². The summed E-state index contributed by atoms with van der Waals surface area (Å²) < 4.78 is 54.3. The number of aliphatic hydroxyl groups is 6. The number of aliphatic hydroxyl groups excluding tert-OH is 1. The van der Waals surface area contributed by atoms with Crippen molar-refractivity contribution >= 4 is 28.4 Å². The molecule has 62 heavy (non-hydrogen) atoms. The first-order chi connectivity index (χ1) is 28.6. The minimum absolute atomic E-state index is 0.0606. The first-order valence-electron chi connectivity index (χ1n) is 21.0. The summed E-state index contributed by atoms with van der Waals surface area (Å²) in [5.74, 6) is -3.84. The van der Waals surface area contributed by atoms with Crippen LogP contribution >= 0.6 is 0 Å². The van der Waals surface area contributed by atoms with Crippen molar-refractivity contribution in [1.82, 2.24) is 4.90 Å². The van der Waals surface area contributed by atoms with Crippen molar-refractivity contribution < 1.29 is 81.8 Å². The van der Waals surface area contributed by atoms with E-state index in [9.17, 15) is 40.2 Å². The number of ether oxygens (including phenoxy) is 4. The van der Waals surface area contributed by atoms with Crippen LogP contribution in [0.3, 0.4) is 0 Å². The van der Waals surface area contributed by atoms with Crippen molar-refractivity contribution in [3.8, 4) is 11.5 Å². The van der Waals surface area contributed by atoms with Crippen LogP contribution in [0.4, 0.5) is 0 Å². The number of rotatable bonds is 6. The summed E-state index contributed by atoms with van der Waals surface area (Å²) in [6.45, 7) is 10.1. The van der Waals surface area contributed by atoms with Crippen molar-refractivity contribution in [2.75, 3.05) is 27.3 Å². The van der Waals surface area contributed by atoms with Crippen molar-refractivity contribution in [3.05, 3.63) is 41.5 Å². The van der Waals surface area contributed by atoms with E-state index in [4.69, 9.17) is 41.6 Å². The van der Waals surface area contributed by atoms with Crippen LogP contribution in [0.15, 0.2) is 35.9 Å². The number of carboxylic acids is 1. The Balaban J connectivity index is 0.000000267. The highest BCUT2D eigenvalue weighted by atomic mass is 32.3. The van der Waals surface area contributed by atoms with Crippen molar-refractivity contribution in [3.63, 3.8) is 0 Å². The number of carboxylic acid groups (broad SMARTS) is 1. The predicted molar refractivity (Wildman–Crippen MR) is 220 cm³/mol. The molecule has 0 radical (unpaired) electrons. The van der Waals surface area contributed by atoms with Crippen molar-refractivity contribution in [2.45, 2.75) is 138 Å². The van der Waals surface area contributed by atoms with Gasteiger partial charge in [0.15, 0.2) is 17.6 Å². The number of carbonyl (C=O) groups is 2. The Morgan fingerprint density at radius 1 is 0.903 bits per heavy atom. The molecule has 4 bridgehead atoms. The van der Waals surface area contributed by atoms with Crippen LogP contribution < -0.4 is 9.47 Å². The van der Waals surface area contributed by atoms with E-state index in [0.29, 0.717) is 61.6 Å². The molecule has 8 rings (SSSR count). The lowest BCUT2D eigenvalue weighted by Crippen LogP contribution is -2.85. The molecule has 7 aliphatic rings. The van der Waals surface area contributed by atoms with Crippen LogP contribution in [0.2, 0.25) is 0 Å². The Labute approximate surface area is 361 Å². The van der Waals surface area contributed by atoms with Gasteiger partial charge in [-0.15, -0.1) is 0 Å². The standard InChI is InChI=1S/C32H49NO9.C11H12O4.H2O4S/c1-6-18(3)25(35)41-24-11-12-26(4)19-8-9-20-28(37)13-23(34)31(39)21(29(28,38)16-30(20,26)42-32(19,24)40)15-33-14-17(2)7-10-22(33)27(31,5)36;1-14-9-5-3-8(4-6-11(12)13)7-10(9)15-2;1-5(2,3)4/h6,17,19-24,34,36-40H,7-16H2,1-5H3;3-7H,1-2H3,(H,12,13);(H2,1,2,3,4). The number of allylic oxidation sites excluding steroid dienone is 1. The summed E-state index contributed by atoms with van der Waals surface area (Å²) in [4.78, 5) is 25.2. The van der Waals surface area contributed by atoms with E-state index < -0.39 is 91.5 Å². The van der Waals surface area contributed by atoms with Gasteiger partial charge in [0, 0.05) is 66.8 Å². The minimum atomic E-state index is -4.67. The average molecular weight is 898 g/mol. The van der Waals surface area contributed by atoms with Gasteiger partial charge >= 0.3 is 22.3 Å². The molecule has 3 heterocycles. The molecule has 1 aromatic carbocycles. The summed E-state index contributed by atoms with van der Waals surface area (Å²) >= 11 is 0. The Kier molecular flexibility index (Phi) is 12.7. The largest absolute Gasteiger partial charge is 0.493 e. The summed E-state index contributed by atoms with van der Waals surface area (Å²) in [6, 6.07) is 4.79. The van der Waals surface area contributed by atoms with Gasteiger partial charge in [0.25, 0.3) is 0 Å². The third-order valence-electron chi connectivity index (χ3n) is 15.9. The number of methoxy groups -OCH3 is 2. The molecule has 14 atom stereocenters. The molecule has 7 fully saturated rings. The summed E-state index contributed by atoms with van der Waals surface area (Å²) in [5, 5.41) is 82.4. The number of esters is 1. The zero-order valence-electron chi connectivity index (χ0n) is 36.2. The average Bonchev–Trinajstić information content (AvgIpc) is 3.36. The molecule has 1 spiro atoms. The van der Waals surface area contributed by atoms with Gasteiger partial charge in [0.2, 0.25) is 5.79 Å². The second kappa shape index (κ2) is 16.3. The van der Waals surface area contributed by atoms with Crippen molar-refractivity contribution in [2.24, 2.45) is 29.1 Å². The molecule has 14 unspecified atom stereocenters. The smallest absolute Gasteiger partial charge is 0.394 e. The first kappa shape index (κ1) is 48.3. The molecule has 19 heteroatoms. The van der Waals surface area contributed by atoms with Crippen LogP contribution in [0.25, 0.3) is 6.08 Å². The van der Waals surface area contributed by atoms with Crippen LogP contribution in [0.1, 0.15) is 91.5 Å². The van der Waals surface area contributed by atoms with E-state index in [2.05, 4.69) is 11.8 Å². The third-order valence-corrected chi connectivity index (χ3v) is 15.9. The number of fused-ring (bicyclic) bond motifs is 5. The molecule has 0 amide bonds. The van der Waals surface area contributed by atoms with Gasteiger partial charge in [0.05, 0.1) is 25.9 Å². The van der Waals surface area contributed by atoms with Gasteiger partial charge < -0.3 is 54.7 Å². The highest BCUT2D eigenvalue weighted by Crippen LogP contribution is 2.78. The lowest BCUT2D eigenvalue weighted by atomic mass is 9.49. The van der Waals surface area contributed by atoms with E-state index >= 15 is 0 Å². The molecular weight excluding hydrogens is 835 g/mol. The number of hydrogen-bond acceptors (Lipinski definition) is 15. The fourth-order valence-corrected chi connectivity index (χ4v) is 12.9. The molecule has 348 valence electrons. The SMILES string of the molecule is CC=C(C)C(=O)OC1CCC2(C)C3CCC4C5(O)CC(O)C6(O)C(CN7CC(C)CCC7C6(C)O)C5(O)CC42OC13O.COc1ccc(C=CC(=O)O)cc1OC.O=S(=O)(O)O. The van der Waals surface area contributed by atoms with Crippen LogP contribution in [-0.2, 0) is 29.5 Å². The first-order valence-corrected chi connectivity index (χ1v) is 22.4. The van der Waals surface area contributed by atoms with Gasteiger partial charge in [-0.25, -0.2) is 9.59 Å². The number of benzene rings is 1. The topological polar surface area (TPSA) is 291 Å². The van der Waals surface area contributed by atoms with E-state index in [1.54, 1.807) is 52.2 Å².